The zero-order chi connectivity index (χ0) is 21.2. The van der Waals surface area contributed by atoms with Gasteiger partial charge in [-0.1, -0.05) is 12.1 Å². The molecule has 150 valence electrons. The third-order valence-corrected chi connectivity index (χ3v) is 6.12. The minimum atomic E-state index is -3.54. The van der Waals surface area contributed by atoms with Crippen molar-refractivity contribution in [3.63, 3.8) is 0 Å². The SMILES string of the molecule is CN(C)S(=O)(=O)c1ccc(C(=O)Nc2ccc(-c3ccc(=O)n(C)n3)cc2)cc1. The molecule has 0 saturated heterocycles. The van der Waals surface area contributed by atoms with Crippen LogP contribution in [-0.2, 0) is 17.1 Å². The minimum absolute atomic E-state index is 0.119. The fraction of sp³-hybridized carbons (Fsp3) is 0.150. The molecule has 2 aromatic carbocycles. The van der Waals surface area contributed by atoms with Gasteiger partial charge in [0.15, 0.2) is 0 Å². The van der Waals surface area contributed by atoms with Crippen molar-refractivity contribution in [3.05, 3.63) is 76.6 Å². The Morgan fingerprint density at radius 3 is 2.14 bits per heavy atom. The highest BCUT2D eigenvalue weighted by atomic mass is 32.2. The summed E-state index contributed by atoms with van der Waals surface area (Å²) in [5.41, 5.74) is 2.17. The molecule has 0 aliphatic rings. The molecule has 0 aliphatic carbocycles. The molecule has 29 heavy (non-hydrogen) atoms. The van der Waals surface area contributed by atoms with E-state index in [4.69, 9.17) is 0 Å². The standard InChI is InChI=1S/C20H20N4O4S/c1-23(2)29(27,28)17-10-6-15(7-11-17)20(26)21-16-8-4-14(5-9-16)18-12-13-19(25)24(3)22-18/h4-13H,1-3H3,(H,21,26). The largest absolute Gasteiger partial charge is 0.322 e. The van der Waals surface area contributed by atoms with Crippen LogP contribution in [0.1, 0.15) is 10.4 Å². The molecule has 1 amide bonds. The highest BCUT2D eigenvalue weighted by Crippen LogP contribution is 2.20. The van der Waals surface area contributed by atoms with Gasteiger partial charge in [-0.15, -0.1) is 0 Å². The van der Waals surface area contributed by atoms with E-state index in [-0.39, 0.29) is 16.4 Å². The summed E-state index contributed by atoms with van der Waals surface area (Å²) in [5, 5.41) is 6.95. The van der Waals surface area contributed by atoms with Crippen LogP contribution in [0.4, 0.5) is 5.69 Å². The average molecular weight is 412 g/mol. The lowest BCUT2D eigenvalue weighted by Crippen LogP contribution is -2.22. The molecule has 3 aromatic rings. The first-order valence-corrected chi connectivity index (χ1v) is 10.1. The number of hydrogen-bond acceptors (Lipinski definition) is 5. The van der Waals surface area contributed by atoms with E-state index in [1.165, 1.54) is 49.1 Å². The molecule has 0 aliphatic heterocycles. The van der Waals surface area contributed by atoms with Gasteiger partial charge >= 0.3 is 0 Å². The van der Waals surface area contributed by atoms with E-state index in [0.717, 1.165) is 9.87 Å². The third kappa shape index (κ3) is 4.41. The van der Waals surface area contributed by atoms with Gasteiger partial charge in [0.25, 0.3) is 11.5 Å². The van der Waals surface area contributed by atoms with Crippen molar-refractivity contribution in [2.24, 2.45) is 7.05 Å². The van der Waals surface area contributed by atoms with Gasteiger partial charge in [-0.2, -0.15) is 5.10 Å². The van der Waals surface area contributed by atoms with Crippen LogP contribution < -0.4 is 10.9 Å². The molecule has 0 radical (unpaired) electrons. The first-order valence-electron chi connectivity index (χ1n) is 8.67. The maximum atomic E-state index is 12.4. The van der Waals surface area contributed by atoms with Crippen molar-refractivity contribution in [1.29, 1.82) is 0 Å². The van der Waals surface area contributed by atoms with Crippen molar-refractivity contribution in [2.75, 3.05) is 19.4 Å². The topological polar surface area (TPSA) is 101 Å². The van der Waals surface area contributed by atoms with E-state index in [2.05, 4.69) is 10.4 Å². The number of anilines is 1. The second-order valence-electron chi connectivity index (χ2n) is 6.52. The molecule has 0 saturated carbocycles. The summed E-state index contributed by atoms with van der Waals surface area (Å²) in [6.45, 7) is 0. The number of nitrogens with one attached hydrogen (secondary N) is 1. The summed E-state index contributed by atoms with van der Waals surface area (Å²) in [5.74, 6) is -0.355. The Morgan fingerprint density at radius 1 is 0.966 bits per heavy atom. The van der Waals surface area contributed by atoms with Crippen molar-refractivity contribution in [2.45, 2.75) is 4.90 Å². The summed E-state index contributed by atoms with van der Waals surface area (Å²) in [4.78, 5) is 24.0. The summed E-state index contributed by atoms with van der Waals surface area (Å²) in [7, 11) is 0.935. The molecule has 1 aromatic heterocycles. The first kappa shape index (κ1) is 20.4. The first-order chi connectivity index (χ1) is 13.7. The number of carbonyl (C=O) groups is 1. The lowest BCUT2D eigenvalue weighted by molar-refractivity contribution is 0.102. The van der Waals surface area contributed by atoms with Crippen LogP contribution in [0.15, 0.2) is 70.4 Å². The van der Waals surface area contributed by atoms with Crippen LogP contribution in [0.5, 0.6) is 0 Å². The zero-order valence-electron chi connectivity index (χ0n) is 16.2. The molecule has 0 unspecified atom stereocenters. The Hall–Kier alpha value is -3.30. The van der Waals surface area contributed by atoms with E-state index < -0.39 is 10.0 Å². The van der Waals surface area contributed by atoms with Crippen molar-refractivity contribution < 1.29 is 13.2 Å². The fourth-order valence-corrected chi connectivity index (χ4v) is 3.47. The van der Waals surface area contributed by atoms with Crippen LogP contribution in [-0.4, -0.2) is 42.5 Å². The van der Waals surface area contributed by atoms with Crippen molar-refractivity contribution in [1.82, 2.24) is 14.1 Å². The molecule has 3 rings (SSSR count). The van der Waals surface area contributed by atoms with Gasteiger partial charge < -0.3 is 5.32 Å². The zero-order valence-corrected chi connectivity index (χ0v) is 17.0. The number of benzene rings is 2. The lowest BCUT2D eigenvalue weighted by Gasteiger charge is -2.12. The van der Waals surface area contributed by atoms with Crippen molar-refractivity contribution in [3.8, 4) is 11.3 Å². The predicted octanol–water partition coefficient (Wildman–Crippen LogP) is 1.95. The minimum Gasteiger partial charge on any atom is -0.322 e. The van der Waals surface area contributed by atoms with E-state index >= 15 is 0 Å². The number of rotatable bonds is 5. The van der Waals surface area contributed by atoms with Gasteiger partial charge in [-0.05, 0) is 42.5 Å². The van der Waals surface area contributed by atoms with Crippen LogP contribution in [0.3, 0.4) is 0 Å². The number of hydrogen-bond donors (Lipinski definition) is 1. The number of nitrogens with zero attached hydrogens (tertiary/aromatic N) is 3. The van der Waals surface area contributed by atoms with Gasteiger partial charge in [-0.25, -0.2) is 17.4 Å². The Labute approximate surface area is 168 Å². The molecule has 0 spiro atoms. The van der Waals surface area contributed by atoms with Crippen molar-refractivity contribution >= 4 is 21.6 Å². The number of amides is 1. The number of aromatic nitrogens is 2. The maximum Gasteiger partial charge on any atom is 0.266 e. The molecule has 1 heterocycles. The molecular weight excluding hydrogens is 392 g/mol. The quantitative estimate of drug-likeness (QED) is 0.690. The van der Waals surface area contributed by atoms with Crippen LogP contribution >= 0.6 is 0 Å². The Kier molecular flexibility index (Phi) is 5.62. The number of carbonyl (C=O) groups excluding carboxylic acids is 1. The Bertz CT molecular complexity index is 1200. The van der Waals surface area contributed by atoms with Gasteiger partial charge in [-0.3, -0.25) is 9.59 Å². The normalized spacial score (nSPS) is 11.4. The monoisotopic (exact) mass is 412 g/mol. The molecule has 0 bridgehead atoms. The van der Waals surface area contributed by atoms with E-state index in [1.807, 2.05) is 0 Å². The second-order valence-corrected chi connectivity index (χ2v) is 8.68. The third-order valence-electron chi connectivity index (χ3n) is 4.29. The van der Waals surface area contributed by atoms with Gasteiger partial charge in [0.2, 0.25) is 10.0 Å². The van der Waals surface area contributed by atoms with Gasteiger partial charge in [0.1, 0.15) is 0 Å². The highest BCUT2D eigenvalue weighted by Gasteiger charge is 2.17. The summed E-state index contributed by atoms with van der Waals surface area (Å²) in [6.07, 6.45) is 0. The summed E-state index contributed by atoms with van der Waals surface area (Å²) >= 11 is 0. The summed E-state index contributed by atoms with van der Waals surface area (Å²) in [6, 6.07) is 15.8. The van der Waals surface area contributed by atoms with Gasteiger partial charge in [0.05, 0.1) is 10.6 Å². The van der Waals surface area contributed by atoms with Gasteiger partial charge in [0, 0.05) is 44.0 Å². The van der Waals surface area contributed by atoms with E-state index in [1.54, 1.807) is 37.4 Å². The van der Waals surface area contributed by atoms with E-state index in [9.17, 15) is 18.0 Å². The smallest absolute Gasteiger partial charge is 0.266 e. The molecular formula is C20H20N4O4S. The molecule has 8 nitrogen and oxygen atoms in total. The fourth-order valence-electron chi connectivity index (χ4n) is 2.57. The van der Waals surface area contributed by atoms with Crippen LogP contribution in [0, 0.1) is 0 Å². The predicted molar refractivity (Wildman–Crippen MR) is 110 cm³/mol. The summed E-state index contributed by atoms with van der Waals surface area (Å²) < 4.78 is 26.6. The Morgan fingerprint density at radius 2 is 1.59 bits per heavy atom. The highest BCUT2D eigenvalue weighted by molar-refractivity contribution is 7.89. The molecule has 0 fully saturated rings. The average Bonchev–Trinajstić information content (AvgIpc) is 2.70. The van der Waals surface area contributed by atoms with Crippen LogP contribution in [0.2, 0.25) is 0 Å². The Balaban J connectivity index is 1.74. The number of aryl methyl sites for hydroxylation is 1. The molecule has 1 N–H and O–H groups in total. The number of sulfonamides is 1. The maximum absolute atomic E-state index is 12.4. The lowest BCUT2D eigenvalue weighted by atomic mass is 10.1. The molecule has 0 atom stereocenters. The van der Waals surface area contributed by atoms with E-state index in [0.29, 0.717) is 16.9 Å². The van der Waals surface area contributed by atoms with Crippen LogP contribution in [0.25, 0.3) is 11.3 Å². The molecule has 9 heteroatoms. The second kappa shape index (κ2) is 7.98.